The summed E-state index contributed by atoms with van der Waals surface area (Å²) in [5.74, 6) is 4.42. The number of hydrogen-bond donors (Lipinski definition) is 0. The Hall–Kier alpha value is 0.140. The number of thioether (sulfide) groups is 2. The number of rotatable bonds is 10. The van der Waals surface area contributed by atoms with Crippen molar-refractivity contribution in [1.82, 2.24) is 0 Å². The molecular weight excluding hydrogens is 224 g/mol. The summed E-state index contributed by atoms with van der Waals surface area (Å²) in [5.41, 5.74) is 0. The Labute approximate surface area is 103 Å². The molecule has 0 fully saturated rings. The molecule has 0 bridgehead atoms. The molecule has 0 spiro atoms. The van der Waals surface area contributed by atoms with E-state index in [2.05, 4.69) is 38.2 Å². The summed E-state index contributed by atoms with van der Waals surface area (Å²) in [6.45, 7) is 5.87. The molecule has 0 N–H and O–H groups in total. The molecule has 1 nitrogen and oxygen atoms in total. The summed E-state index contributed by atoms with van der Waals surface area (Å²) >= 11 is 3.84. The maximum Gasteiger partial charge on any atom is 0.0557 e. The fourth-order valence-electron chi connectivity index (χ4n) is 0.833. The van der Waals surface area contributed by atoms with Crippen LogP contribution in [0, 0.1) is 0 Å². The average Bonchev–Trinajstić information content (AvgIpc) is 2.26. The lowest BCUT2D eigenvalue weighted by Gasteiger charge is -2.02. The van der Waals surface area contributed by atoms with Gasteiger partial charge in [-0.3, -0.25) is 0 Å². The van der Waals surface area contributed by atoms with Crippen molar-refractivity contribution in [2.75, 3.05) is 36.2 Å². The van der Waals surface area contributed by atoms with E-state index in [9.17, 15) is 0 Å². The van der Waals surface area contributed by atoms with E-state index in [4.69, 9.17) is 4.74 Å². The molecule has 0 rings (SSSR count). The van der Waals surface area contributed by atoms with Crippen molar-refractivity contribution in [2.24, 2.45) is 0 Å². The van der Waals surface area contributed by atoms with Gasteiger partial charge in [-0.2, -0.15) is 23.5 Å². The third kappa shape index (κ3) is 14.1. The quantitative estimate of drug-likeness (QED) is 0.430. The molecule has 0 aromatic carbocycles. The van der Waals surface area contributed by atoms with Crippen LogP contribution in [0.15, 0.2) is 24.3 Å². The van der Waals surface area contributed by atoms with Crippen molar-refractivity contribution in [3.63, 3.8) is 0 Å². The highest BCUT2D eigenvalue weighted by Crippen LogP contribution is 2.02. The topological polar surface area (TPSA) is 9.23 Å². The van der Waals surface area contributed by atoms with E-state index >= 15 is 0 Å². The first kappa shape index (κ1) is 15.1. The number of hydrogen-bond acceptors (Lipinski definition) is 3. The van der Waals surface area contributed by atoms with Gasteiger partial charge in [-0.1, -0.05) is 24.3 Å². The second kappa shape index (κ2) is 14.1. The van der Waals surface area contributed by atoms with Crippen molar-refractivity contribution in [1.29, 1.82) is 0 Å². The van der Waals surface area contributed by atoms with Gasteiger partial charge in [0.15, 0.2) is 0 Å². The van der Waals surface area contributed by atoms with Gasteiger partial charge < -0.3 is 4.74 Å². The molecule has 88 valence electrons. The predicted octanol–water partition coefficient (Wildman–Crippen LogP) is 3.62. The molecule has 0 aromatic heterocycles. The molecule has 0 radical (unpaired) electrons. The monoisotopic (exact) mass is 246 g/mol. The van der Waals surface area contributed by atoms with E-state index in [1.54, 1.807) is 0 Å². The largest absolute Gasteiger partial charge is 0.380 e. The van der Waals surface area contributed by atoms with Gasteiger partial charge in [0.05, 0.1) is 13.2 Å². The van der Waals surface area contributed by atoms with Crippen LogP contribution in [-0.4, -0.2) is 36.2 Å². The van der Waals surface area contributed by atoms with E-state index in [1.165, 1.54) is 0 Å². The fraction of sp³-hybridized carbons (Fsp3) is 0.667. The molecule has 3 heteroatoms. The van der Waals surface area contributed by atoms with Gasteiger partial charge in [-0.15, -0.1) is 0 Å². The molecule has 0 aliphatic rings. The van der Waals surface area contributed by atoms with Crippen LogP contribution < -0.4 is 0 Å². The van der Waals surface area contributed by atoms with Gasteiger partial charge in [0.1, 0.15) is 0 Å². The molecule has 0 aliphatic heterocycles. The van der Waals surface area contributed by atoms with Crippen LogP contribution in [0.3, 0.4) is 0 Å². The van der Waals surface area contributed by atoms with Gasteiger partial charge in [-0.05, 0) is 13.8 Å². The summed E-state index contributed by atoms with van der Waals surface area (Å²) in [7, 11) is 0. The van der Waals surface area contributed by atoms with Crippen molar-refractivity contribution in [2.45, 2.75) is 13.8 Å². The molecule has 0 unspecified atom stereocenters. The Balaban J connectivity index is 2.92. The zero-order valence-electron chi connectivity index (χ0n) is 9.78. The van der Waals surface area contributed by atoms with Gasteiger partial charge in [0.2, 0.25) is 0 Å². The van der Waals surface area contributed by atoms with E-state index < -0.39 is 0 Å². The molecule has 0 amide bonds. The maximum absolute atomic E-state index is 5.50. The van der Waals surface area contributed by atoms with E-state index in [0.717, 1.165) is 36.2 Å². The number of ether oxygens (including phenoxy) is 1. The van der Waals surface area contributed by atoms with Crippen molar-refractivity contribution < 1.29 is 4.74 Å². The minimum atomic E-state index is 0.881. The summed E-state index contributed by atoms with van der Waals surface area (Å²) in [4.78, 5) is 0. The molecule has 0 atom stereocenters. The molecule has 0 saturated heterocycles. The van der Waals surface area contributed by atoms with Crippen molar-refractivity contribution in [3.8, 4) is 0 Å². The third-order valence-corrected chi connectivity index (χ3v) is 3.41. The Morgan fingerprint density at radius 3 is 1.73 bits per heavy atom. The van der Waals surface area contributed by atoms with E-state index in [1.807, 2.05) is 23.5 Å². The zero-order chi connectivity index (χ0) is 11.2. The first-order valence-corrected chi connectivity index (χ1v) is 7.68. The predicted molar refractivity (Wildman–Crippen MR) is 75.1 cm³/mol. The second-order valence-electron chi connectivity index (χ2n) is 2.90. The standard InChI is InChI=1S/C12H22OS2/c1-3-5-9-14-11-7-13-8-12-15-10-6-4-2/h3-6H,7-12H2,1-2H3. The van der Waals surface area contributed by atoms with Crippen LogP contribution in [0.1, 0.15) is 13.8 Å². The highest BCUT2D eigenvalue weighted by molar-refractivity contribution is 7.99. The lowest BCUT2D eigenvalue weighted by atomic mass is 10.6. The summed E-state index contributed by atoms with van der Waals surface area (Å²) in [5, 5.41) is 0. The molecule has 0 saturated carbocycles. The van der Waals surface area contributed by atoms with E-state index in [0.29, 0.717) is 0 Å². The summed E-state index contributed by atoms with van der Waals surface area (Å²) < 4.78 is 5.50. The fourth-order valence-corrected chi connectivity index (χ4v) is 2.29. The third-order valence-electron chi connectivity index (χ3n) is 1.64. The lowest BCUT2D eigenvalue weighted by molar-refractivity contribution is 0.167. The van der Waals surface area contributed by atoms with Crippen molar-refractivity contribution in [3.05, 3.63) is 24.3 Å². The molecule has 0 aliphatic carbocycles. The van der Waals surface area contributed by atoms with Crippen LogP contribution in [0.5, 0.6) is 0 Å². The maximum atomic E-state index is 5.50. The Bertz CT molecular complexity index is 149. The van der Waals surface area contributed by atoms with Gasteiger partial charge in [0, 0.05) is 23.0 Å². The highest BCUT2D eigenvalue weighted by atomic mass is 32.2. The highest BCUT2D eigenvalue weighted by Gasteiger charge is 1.89. The van der Waals surface area contributed by atoms with Crippen LogP contribution in [0.25, 0.3) is 0 Å². The average molecular weight is 246 g/mol. The zero-order valence-corrected chi connectivity index (χ0v) is 11.4. The Morgan fingerprint density at radius 2 is 1.33 bits per heavy atom. The lowest BCUT2D eigenvalue weighted by Crippen LogP contribution is -2.01. The second-order valence-corrected chi connectivity index (χ2v) is 5.20. The van der Waals surface area contributed by atoms with Gasteiger partial charge >= 0.3 is 0 Å². The smallest absolute Gasteiger partial charge is 0.0557 e. The molecule has 15 heavy (non-hydrogen) atoms. The summed E-state index contributed by atoms with van der Waals surface area (Å²) in [6, 6.07) is 0. The van der Waals surface area contributed by atoms with Crippen LogP contribution in [-0.2, 0) is 4.74 Å². The van der Waals surface area contributed by atoms with Gasteiger partial charge in [0.25, 0.3) is 0 Å². The van der Waals surface area contributed by atoms with Crippen molar-refractivity contribution >= 4 is 23.5 Å². The summed E-state index contributed by atoms with van der Waals surface area (Å²) in [6.07, 6.45) is 8.53. The minimum absolute atomic E-state index is 0.881. The van der Waals surface area contributed by atoms with Crippen LogP contribution in [0.2, 0.25) is 0 Å². The van der Waals surface area contributed by atoms with E-state index in [-0.39, 0.29) is 0 Å². The normalized spacial score (nSPS) is 11.9. The first-order valence-electron chi connectivity index (χ1n) is 5.37. The first-order chi connectivity index (χ1) is 7.41. The Kier molecular flexibility index (Phi) is 14.3. The van der Waals surface area contributed by atoms with Crippen LogP contribution >= 0.6 is 23.5 Å². The van der Waals surface area contributed by atoms with Crippen LogP contribution in [0.4, 0.5) is 0 Å². The van der Waals surface area contributed by atoms with Gasteiger partial charge in [-0.25, -0.2) is 0 Å². The molecule has 0 aromatic rings. The molecule has 0 heterocycles. The molecular formula is C12H22OS2. The minimum Gasteiger partial charge on any atom is -0.380 e. The number of allylic oxidation sites excluding steroid dienone is 2. The Morgan fingerprint density at radius 1 is 0.867 bits per heavy atom. The SMILES string of the molecule is CC=CCSCCOCCSCC=CC.